The highest BCUT2D eigenvalue weighted by Gasteiger charge is 2.18. The van der Waals surface area contributed by atoms with E-state index in [1.165, 1.54) is 43.8 Å². The molecule has 0 radical (unpaired) electrons. The summed E-state index contributed by atoms with van der Waals surface area (Å²) >= 11 is 0. The van der Waals surface area contributed by atoms with E-state index in [9.17, 15) is 0 Å². The molecule has 2 aromatic heterocycles. The molecule has 0 amide bonds. The van der Waals surface area contributed by atoms with Crippen molar-refractivity contribution < 1.29 is 8.83 Å². The van der Waals surface area contributed by atoms with Crippen LogP contribution in [-0.2, 0) is 0 Å². The lowest BCUT2D eigenvalue weighted by molar-refractivity contribution is 0.620. The van der Waals surface area contributed by atoms with Crippen molar-refractivity contribution in [1.82, 2.24) is 4.98 Å². The van der Waals surface area contributed by atoms with Gasteiger partial charge in [0.2, 0.25) is 5.89 Å². The fourth-order valence-corrected chi connectivity index (χ4v) is 7.93. The lowest BCUT2D eigenvalue weighted by atomic mass is 9.98. The normalized spacial score (nSPS) is 11.6. The van der Waals surface area contributed by atoms with Crippen molar-refractivity contribution in [1.29, 1.82) is 0 Å². The fraction of sp³-hybridized carbons (Fsp3) is 0. The van der Waals surface area contributed by atoms with Crippen LogP contribution in [0.1, 0.15) is 0 Å². The molecule has 0 saturated carbocycles. The van der Waals surface area contributed by atoms with Gasteiger partial charge in [0.25, 0.3) is 0 Å². The third-order valence-corrected chi connectivity index (χ3v) is 10.7. The Hall–Kier alpha value is -7.43. The largest absolute Gasteiger partial charge is 0.456 e. The van der Waals surface area contributed by atoms with E-state index in [2.05, 4.69) is 157 Å². The topological polar surface area (TPSA) is 42.4 Å². The average molecular weight is 705 g/mol. The maximum atomic E-state index is 6.57. The summed E-state index contributed by atoms with van der Waals surface area (Å²) in [5, 5.41) is 6.86. The number of nitrogens with zero attached hydrogens (tertiary/aromatic N) is 2. The zero-order valence-electron chi connectivity index (χ0n) is 29.7. The number of furan rings is 1. The minimum absolute atomic E-state index is 0.601. The van der Waals surface area contributed by atoms with Crippen molar-refractivity contribution >= 4 is 71.6 Å². The van der Waals surface area contributed by atoms with Crippen molar-refractivity contribution in [3.8, 4) is 33.7 Å². The first kappa shape index (κ1) is 31.1. The third-order valence-electron chi connectivity index (χ3n) is 10.7. The van der Waals surface area contributed by atoms with Crippen molar-refractivity contribution in [2.75, 3.05) is 4.90 Å². The zero-order chi connectivity index (χ0) is 36.3. The molecule has 0 spiro atoms. The van der Waals surface area contributed by atoms with Crippen LogP contribution in [0.4, 0.5) is 17.1 Å². The number of hydrogen-bond acceptors (Lipinski definition) is 4. The number of oxazole rings is 1. The molecule has 0 aliphatic carbocycles. The molecule has 0 fully saturated rings. The molecule has 0 saturated heterocycles. The SMILES string of the molecule is c1ccc(-c2ccc3cc(N(c4ccc(-c5cccc6ccccc56)cc4)c4ccc5c(c4)oc4cc6nc(-c7ccccc7)oc6cc45)ccc3c2)cc1. The van der Waals surface area contributed by atoms with Crippen molar-refractivity contribution in [3.63, 3.8) is 0 Å². The monoisotopic (exact) mass is 704 g/mol. The standard InChI is InChI=1S/C51H32N2O2/c1-3-10-33(11-4-1)37-18-19-39-29-41(25-22-38(39)28-37)53(40-23-20-35(21-24-40)44-17-9-15-34-12-7-8-16-43(34)44)42-26-27-45-46-31-50-47(32-49(46)54-48(45)30-42)52-51(55-50)36-13-5-2-6-14-36/h1-32H. The maximum Gasteiger partial charge on any atom is 0.227 e. The average Bonchev–Trinajstić information content (AvgIpc) is 3.83. The molecule has 2 heterocycles. The van der Waals surface area contributed by atoms with Gasteiger partial charge in [0.1, 0.15) is 16.7 Å². The Morgan fingerprint density at radius 2 is 1.00 bits per heavy atom. The maximum absolute atomic E-state index is 6.57. The molecular formula is C51H32N2O2. The molecule has 0 N–H and O–H groups in total. The van der Waals surface area contributed by atoms with Crippen molar-refractivity contribution in [2.45, 2.75) is 0 Å². The van der Waals surface area contributed by atoms with Crippen molar-refractivity contribution in [3.05, 3.63) is 194 Å². The number of rotatable bonds is 6. The first-order valence-corrected chi connectivity index (χ1v) is 18.5. The van der Waals surface area contributed by atoms with Crippen LogP contribution in [0.3, 0.4) is 0 Å². The predicted molar refractivity (Wildman–Crippen MR) is 227 cm³/mol. The minimum Gasteiger partial charge on any atom is -0.456 e. The molecule has 0 unspecified atom stereocenters. The molecule has 4 nitrogen and oxygen atoms in total. The number of anilines is 3. The smallest absolute Gasteiger partial charge is 0.227 e. The fourth-order valence-electron chi connectivity index (χ4n) is 7.93. The summed E-state index contributed by atoms with van der Waals surface area (Å²) < 4.78 is 12.8. The van der Waals surface area contributed by atoms with E-state index < -0.39 is 0 Å². The van der Waals surface area contributed by atoms with Gasteiger partial charge < -0.3 is 13.7 Å². The molecule has 0 bridgehead atoms. The van der Waals surface area contributed by atoms with Crippen LogP contribution in [0.25, 0.3) is 88.3 Å². The molecule has 11 aromatic rings. The van der Waals surface area contributed by atoms with Gasteiger partial charge in [-0.3, -0.25) is 0 Å². The van der Waals surface area contributed by atoms with Crippen LogP contribution >= 0.6 is 0 Å². The van der Waals surface area contributed by atoms with Gasteiger partial charge in [0.05, 0.1) is 0 Å². The highest BCUT2D eigenvalue weighted by atomic mass is 16.4. The Balaban J connectivity index is 1.03. The molecule has 4 heteroatoms. The number of benzene rings is 9. The summed E-state index contributed by atoms with van der Waals surface area (Å²) in [6, 6.07) is 68.4. The van der Waals surface area contributed by atoms with E-state index in [1.54, 1.807) is 0 Å². The van der Waals surface area contributed by atoms with Gasteiger partial charge in [-0.1, -0.05) is 121 Å². The third kappa shape index (κ3) is 5.43. The minimum atomic E-state index is 0.601. The van der Waals surface area contributed by atoms with Gasteiger partial charge >= 0.3 is 0 Å². The second-order valence-electron chi connectivity index (χ2n) is 14.0. The van der Waals surface area contributed by atoms with Gasteiger partial charge in [-0.15, -0.1) is 0 Å². The lowest BCUT2D eigenvalue weighted by Gasteiger charge is -2.26. The molecule has 0 aliphatic rings. The molecule has 258 valence electrons. The predicted octanol–water partition coefficient (Wildman–Crippen LogP) is 14.5. The summed E-state index contributed by atoms with van der Waals surface area (Å²) in [6.07, 6.45) is 0. The molecular weight excluding hydrogens is 673 g/mol. The van der Waals surface area contributed by atoms with Gasteiger partial charge in [0, 0.05) is 45.5 Å². The Morgan fingerprint density at radius 1 is 0.345 bits per heavy atom. The zero-order valence-corrected chi connectivity index (χ0v) is 29.7. The van der Waals surface area contributed by atoms with E-state index in [-0.39, 0.29) is 0 Å². The van der Waals surface area contributed by atoms with E-state index in [4.69, 9.17) is 13.8 Å². The summed E-state index contributed by atoms with van der Waals surface area (Å²) in [5.41, 5.74) is 11.9. The number of fused-ring (bicyclic) bond motifs is 6. The highest BCUT2D eigenvalue weighted by molar-refractivity contribution is 6.10. The van der Waals surface area contributed by atoms with Crippen LogP contribution in [0.15, 0.2) is 203 Å². The van der Waals surface area contributed by atoms with E-state index in [1.807, 2.05) is 42.5 Å². The van der Waals surface area contributed by atoms with Gasteiger partial charge in [-0.05, 0) is 104 Å². The summed E-state index contributed by atoms with van der Waals surface area (Å²) in [6.45, 7) is 0. The van der Waals surface area contributed by atoms with E-state index in [0.717, 1.165) is 55.7 Å². The Morgan fingerprint density at radius 3 is 1.85 bits per heavy atom. The summed E-state index contributed by atoms with van der Waals surface area (Å²) in [7, 11) is 0. The lowest BCUT2D eigenvalue weighted by Crippen LogP contribution is -2.09. The van der Waals surface area contributed by atoms with Crippen LogP contribution in [-0.4, -0.2) is 4.98 Å². The Kier molecular flexibility index (Phi) is 7.14. The number of aromatic nitrogens is 1. The van der Waals surface area contributed by atoms with Gasteiger partial charge in [-0.25, -0.2) is 4.98 Å². The molecule has 0 atom stereocenters. The summed E-state index contributed by atoms with van der Waals surface area (Å²) in [5.74, 6) is 0.601. The van der Waals surface area contributed by atoms with Crippen molar-refractivity contribution in [2.24, 2.45) is 0 Å². The molecule has 55 heavy (non-hydrogen) atoms. The van der Waals surface area contributed by atoms with Gasteiger partial charge in [0.15, 0.2) is 5.58 Å². The van der Waals surface area contributed by atoms with Gasteiger partial charge in [-0.2, -0.15) is 0 Å². The van der Waals surface area contributed by atoms with E-state index in [0.29, 0.717) is 5.89 Å². The molecule has 9 aromatic carbocycles. The van der Waals surface area contributed by atoms with Crippen LogP contribution in [0, 0.1) is 0 Å². The highest BCUT2D eigenvalue weighted by Crippen LogP contribution is 2.42. The summed E-state index contributed by atoms with van der Waals surface area (Å²) in [4.78, 5) is 7.10. The molecule has 11 rings (SSSR count). The van der Waals surface area contributed by atoms with E-state index >= 15 is 0 Å². The molecule has 0 aliphatic heterocycles. The Labute approximate surface area is 317 Å². The first-order chi connectivity index (χ1) is 27.2. The second-order valence-corrected chi connectivity index (χ2v) is 14.0. The van der Waals surface area contributed by atoms with Crippen LogP contribution < -0.4 is 4.90 Å². The quantitative estimate of drug-likeness (QED) is 0.173. The number of hydrogen-bond donors (Lipinski definition) is 0. The van der Waals surface area contributed by atoms with Crippen LogP contribution in [0.2, 0.25) is 0 Å². The Bertz CT molecular complexity index is 3190. The first-order valence-electron chi connectivity index (χ1n) is 18.5. The second kappa shape index (κ2) is 12.6. The van der Waals surface area contributed by atoms with Crippen LogP contribution in [0.5, 0.6) is 0 Å².